The number of esters is 1. The summed E-state index contributed by atoms with van der Waals surface area (Å²) in [6, 6.07) is 10.0. The third-order valence-electron chi connectivity index (χ3n) is 6.64. The minimum absolute atomic E-state index is 0.0522. The van der Waals surface area contributed by atoms with E-state index < -0.39 is 17.5 Å². The number of Topliss-reactive ketones (excluding diaryl/α,β-unsaturated/α-hetero) is 1. The average Bonchev–Trinajstić information content (AvgIpc) is 3.23. The number of ketones is 1. The van der Waals surface area contributed by atoms with Gasteiger partial charge in [0.05, 0.1) is 0 Å². The minimum Gasteiger partial charge on any atom is -0.486 e. The monoisotopic (exact) mass is 465 g/mol. The maximum absolute atomic E-state index is 12.8. The third-order valence-corrected chi connectivity index (χ3v) is 6.64. The zero-order chi connectivity index (χ0) is 25.7. The first kappa shape index (κ1) is 27.2. The van der Waals surface area contributed by atoms with E-state index in [9.17, 15) is 9.59 Å². The van der Waals surface area contributed by atoms with Gasteiger partial charge in [-0.05, 0) is 62.9 Å². The van der Waals surface area contributed by atoms with Gasteiger partial charge in [0.15, 0.2) is 11.9 Å². The van der Waals surface area contributed by atoms with Crippen molar-refractivity contribution in [3.63, 3.8) is 0 Å². The van der Waals surface area contributed by atoms with Crippen molar-refractivity contribution in [2.24, 2.45) is 5.41 Å². The fourth-order valence-electron chi connectivity index (χ4n) is 4.30. The van der Waals surface area contributed by atoms with E-state index >= 15 is 0 Å². The standard InChI is InChI=1S/C29H39NO4/c1-10-21(6)34-27(32)23-15-17-25(30(23)13-4)29(11-2,12-3)22-14-16-24(20(5)18-22)33-19-26(31)28(7,8)9/h1,14-18,21H,11-13,19H2,2-9H3. The van der Waals surface area contributed by atoms with Crippen molar-refractivity contribution in [2.45, 2.75) is 86.3 Å². The molecule has 0 spiro atoms. The lowest BCUT2D eigenvalue weighted by molar-refractivity contribution is -0.128. The topological polar surface area (TPSA) is 57.5 Å². The van der Waals surface area contributed by atoms with Gasteiger partial charge < -0.3 is 14.0 Å². The molecule has 0 bridgehead atoms. The molecule has 5 nitrogen and oxygen atoms in total. The fourth-order valence-corrected chi connectivity index (χ4v) is 4.30. The van der Waals surface area contributed by atoms with E-state index in [0.717, 1.165) is 29.7 Å². The summed E-state index contributed by atoms with van der Waals surface area (Å²) in [5.74, 6) is 2.80. The van der Waals surface area contributed by atoms with Crippen LogP contribution in [0.3, 0.4) is 0 Å². The lowest BCUT2D eigenvalue weighted by Crippen LogP contribution is -2.30. The molecule has 0 fully saturated rings. The predicted molar refractivity (Wildman–Crippen MR) is 136 cm³/mol. The van der Waals surface area contributed by atoms with E-state index in [-0.39, 0.29) is 17.8 Å². The van der Waals surface area contributed by atoms with Crippen molar-refractivity contribution in [1.82, 2.24) is 4.57 Å². The molecule has 0 N–H and O–H groups in total. The molecule has 0 saturated heterocycles. The number of hydrogen-bond acceptors (Lipinski definition) is 4. The molecule has 1 heterocycles. The van der Waals surface area contributed by atoms with Crippen molar-refractivity contribution < 1.29 is 19.1 Å². The van der Waals surface area contributed by atoms with Crippen LogP contribution in [0.2, 0.25) is 0 Å². The highest BCUT2D eigenvalue weighted by molar-refractivity contribution is 5.88. The number of terminal acetylenes is 1. The van der Waals surface area contributed by atoms with Gasteiger partial charge in [-0.3, -0.25) is 4.79 Å². The molecule has 1 unspecified atom stereocenters. The van der Waals surface area contributed by atoms with Crippen LogP contribution >= 0.6 is 0 Å². The molecule has 5 heteroatoms. The SMILES string of the molecule is C#CC(C)OC(=O)c1ccc(C(CC)(CC)c2ccc(OCC(=O)C(C)(C)C)c(C)c2)n1CC. The van der Waals surface area contributed by atoms with Gasteiger partial charge in [0, 0.05) is 23.1 Å². The molecule has 0 radical (unpaired) electrons. The maximum Gasteiger partial charge on any atom is 0.356 e. The molecule has 184 valence electrons. The summed E-state index contributed by atoms with van der Waals surface area (Å²) < 4.78 is 13.3. The molecular formula is C29H39NO4. The van der Waals surface area contributed by atoms with Crippen LogP contribution in [-0.4, -0.2) is 29.0 Å². The van der Waals surface area contributed by atoms with E-state index in [1.54, 1.807) is 6.92 Å². The van der Waals surface area contributed by atoms with Gasteiger partial charge in [-0.1, -0.05) is 52.7 Å². The van der Waals surface area contributed by atoms with Gasteiger partial charge in [0.1, 0.15) is 18.1 Å². The Bertz CT molecular complexity index is 1060. The summed E-state index contributed by atoms with van der Waals surface area (Å²) in [7, 11) is 0. The van der Waals surface area contributed by atoms with Crippen LogP contribution in [0.15, 0.2) is 30.3 Å². The first-order valence-corrected chi connectivity index (χ1v) is 12.1. The van der Waals surface area contributed by atoms with Crippen LogP contribution in [0.25, 0.3) is 0 Å². The maximum atomic E-state index is 12.8. The summed E-state index contributed by atoms with van der Waals surface area (Å²) >= 11 is 0. The zero-order valence-electron chi connectivity index (χ0n) is 22.0. The Balaban J connectivity index is 2.46. The van der Waals surface area contributed by atoms with Crippen molar-refractivity contribution in [3.8, 4) is 18.1 Å². The number of ether oxygens (including phenoxy) is 2. The molecule has 0 saturated carbocycles. The first-order chi connectivity index (χ1) is 15.9. The zero-order valence-corrected chi connectivity index (χ0v) is 22.0. The molecule has 2 aromatic rings. The van der Waals surface area contributed by atoms with Gasteiger partial charge in [-0.15, -0.1) is 6.42 Å². The molecule has 0 amide bonds. The lowest BCUT2D eigenvalue weighted by atomic mass is 9.72. The highest BCUT2D eigenvalue weighted by Gasteiger charge is 2.35. The summed E-state index contributed by atoms with van der Waals surface area (Å²) in [4.78, 5) is 25.1. The second-order valence-corrected chi connectivity index (χ2v) is 9.79. The largest absolute Gasteiger partial charge is 0.486 e. The van der Waals surface area contributed by atoms with Crippen LogP contribution in [0.5, 0.6) is 5.75 Å². The van der Waals surface area contributed by atoms with Crippen LogP contribution in [-0.2, 0) is 21.5 Å². The Labute approximate surface area is 204 Å². The van der Waals surface area contributed by atoms with Crippen LogP contribution in [0.1, 0.15) is 88.6 Å². The van der Waals surface area contributed by atoms with E-state index in [1.807, 2.05) is 57.4 Å². The molecule has 0 aliphatic carbocycles. The summed E-state index contributed by atoms with van der Waals surface area (Å²) in [5.41, 5.74) is 2.96. The average molecular weight is 466 g/mol. The Morgan fingerprint density at radius 2 is 1.74 bits per heavy atom. The molecule has 0 aliphatic rings. The van der Waals surface area contributed by atoms with E-state index in [0.29, 0.717) is 18.0 Å². The van der Waals surface area contributed by atoms with Crippen LogP contribution in [0, 0.1) is 24.7 Å². The number of carbonyl (C=O) groups excluding carboxylic acids is 2. The smallest absolute Gasteiger partial charge is 0.356 e. The highest BCUT2D eigenvalue weighted by Crippen LogP contribution is 2.41. The van der Waals surface area contributed by atoms with Gasteiger partial charge in [-0.25, -0.2) is 4.79 Å². The second kappa shape index (κ2) is 11.0. The quantitative estimate of drug-likeness (QED) is 0.314. The van der Waals surface area contributed by atoms with Gasteiger partial charge in [0.25, 0.3) is 0 Å². The first-order valence-electron chi connectivity index (χ1n) is 12.1. The summed E-state index contributed by atoms with van der Waals surface area (Å²) in [5, 5.41) is 0. The Hall–Kier alpha value is -3.00. The molecule has 0 aliphatic heterocycles. The second-order valence-electron chi connectivity index (χ2n) is 9.79. The molecule has 1 aromatic carbocycles. The number of aryl methyl sites for hydroxylation is 1. The number of nitrogens with zero attached hydrogens (tertiary/aromatic N) is 1. The number of carbonyl (C=O) groups is 2. The van der Waals surface area contributed by atoms with Gasteiger partial charge in [0.2, 0.25) is 0 Å². The van der Waals surface area contributed by atoms with Crippen LogP contribution in [0.4, 0.5) is 0 Å². The van der Waals surface area contributed by atoms with E-state index in [2.05, 4.69) is 31.9 Å². The number of aromatic nitrogens is 1. The van der Waals surface area contributed by atoms with Crippen molar-refractivity contribution in [1.29, 1.82) is 0 Å². The number of rotatable bonds is 10. The van der Waals surface area contributed by atoms with E-state index in [1.165, 1.54) is 0 Å². The van der Waals surface area contributed by atoms with Gasteiger partial charge in [-0.2, -0.15) is 0 Å². The summed E-state index contributed by atoms with van der Waals surface area (Å²) in [6.45, 7) is 16.4. The molecule has 1 atom stereocenters. The molecule has 1 aromatic heterocycles. The Morgan fingerprint density at radius 1 is 1.09 bits per heavy atom. The molecular weight excluding hydrogens is 426 g/mol. The van der Waals surface area contributed by atoms with E-state index in [4.69, 9.17) is 15.9 Å². The van der Waals surface area contributed by atoms with Crippen molar-refractivity contribution in [2.75, 3.05) is 6.61 Å². The Morgan fingerprint density at radius 3 is 2.24 bits per heavy atom. The predicted octanol–water partition coefficient (Wildman–Crippen LogP) is 6.10. The normalized spacial score (nSPS) is 12.7. The van der Waals surface area contributed by atoms with Gasteiger partial charge >= 0.3 is 5.97 Å². The molecule has 34 heavy (non-hydrogen) atoms. The fraction of sp³-hybridized carbons (Fsp3) is 0.517. The highest BCUT2D eigenvalue weighted by atomic mass is 16.5. The van der Waals surface area contributed by atoms with Crippen LogP contribution < -0.4 is 4.74 Å². The lowest BCUT2D eigenvalue weighted by Gasteiger charge is -2.34. The van der Waals surface area contributed by atoms with Crippen molar-refractivity contribution >= 4 is 11.8 Å². The number of benzene rings is 1. The molecule has 2 rings (SSSR count). The van der Waals surface area contributed by atoms with Crippen molar-refractivity contribution in [3.05, 3.63) is 52.8 Å². The number of hydrogen-bond donors (Lipinski definition) is 0. The third kappa shape index (κ3) is 5.55. The minimum atomic E-state index is -0.585. The summed E-state index contributed by atoms with van der Waals surface area (Å²) in [6.07, 6.45) is 6.50. The Kier molecular flexibility index (Phi) is 8.78.